The van der Waals surface area contributed by atoms with Crippen molar-refractivity contribution in [3.8, 4) is 0 Å². The van der Waals surface area contributed by atoms with Crippen molar-refractivity contribution in [3.05, 3.63) is 29.3 Å². The third-order valence-electron chi connectivity index (χ3n) is 4.39. The molecule has 2 rings (SSSR count). The van der Waals surface area contributed by atoms with Crippen molar-refractivity contribution < 1.29 is 13.5 Å². The van der Waals surface area contributed by atoms with Gasteiger partial charge in [-0.2, -0.15) is 0 Å². The van der Waals surface area contributed by atoms with Crippen LogP contribution in [0, 0.1) is 19.3 Å². The number of aryl methyl sites for hydroxylation is 2. The van der Waals surface area contributed by atoms with Gasteiger partial charge >= 0.3 is 0 Å². The molecule has 0 atom stereocenters. The van der Waals surface area contributed by atoms with Crippen molar-refractivity contribution >= 4 is 10.0 Å². The first-order chi connectivity index (χ1) is 9.87. The first kappa shape index (κ1) is 16.5. The van der Waals surface area contributed by atoms with E-state index in [-0.39, 0.29) is 12.0 Å². The van der Waals surface area contributed by atoms with Crippen LogP contribution in [-0.4, -0.2) is 26.7 Å². The Morgan fingerprint density at radius 2 is 1.67 bits per heavy atom. The molecule has 0 aliphatic heterocycles. The lowest BCUT2D eigenvalue weighted by atomic mass is 9.75. The minimum atomic E-state index is -3.51. The summed E-state index contributed by atoms with van der Waals surface area (Å²) in [7, 11) is -3.51. The number of sulfonamides is 1. The summed E-state index contributed by atoms with van der Waals surface area (Å²) in [6, 6.07) is 5.32. The highest BCUT2D eigenvalue weighted by Gasteiger charge is 2.32. The lowest BCUT2D eigenvalue weighted by molar-refractivity contribution is 0.0867. The molecule has 0 radical (unpaired) electrons. The molecule has 1 aliphatic rings. The van der Waals surface area contributed by atoms with E-state index in [4.69, 9.17) is 0 Å². The molecule has 21 heavy (non-hydrogen) atoms. The zero-order valence-electron chi connectivity index (χ0n) is 12.9. The minimum Gasteiger partial charge on any atom is -0.396 e. The molecular formula is C16H25NO3S. The van der Waals surface area contributed by atoms with Gasteiger partial charge in [-0.15, -0.1) is 0 Å². The summed E-state index contributed by atoms with van der Waals surface area (Å²) < 4.78 is 27.6. The molecule has 0 unspecified atom stereocenters. The molecule has 1 aromatic carbocycles. The molecule has 0 amide bonds. The molecule has 0 saturated heterocycles. The Kier molecular flexibility index (Phi) is 5.07. The second kappa shape index (κ2) is 6.46. The summed E-state index contributed by atoms with van der Waals surface area (Å²) in [6.45, 7) is 4.14. The van der Waals surface area contributed by atoms with Gasteiger partial charge in [0, 0.05) is 18.6 Å². The molecule has 1 fully saturated rings. The number of nitrogens with one attached hydrogen (secondary N) is 1. The second-order valence-electron chi connectivity index (χ2n) is 6.37. The average molecular weight is 311 g/mol. The quantitative estimate of drug-likeness (QED) is 0.878. The fourth-order valence-electron chi connectivity index (χ4n) is 3.11. The highest BCUT2D eigenvalue weighted by atomic mass is 32.2. The highest BCUT2D eigenvalue weighted by Crippen LogP contribution is 2.35. The first-order valence-corrected chi connectivity index (χ1v) is 9.04. The van der Waals surface area contributed by atoms with Gasteiger partial charge in [-0.25, -0.2) is 13.1 Å². The standard InChI is InChI=1S/C16H25NO3S/c1-13-8-14(2)10-15(9-13)21(19,20)17-11-16(12-18)6-4-3-5-7-16/h8-10,17-18H,3-7,11-12H2,1-2H3. The summed E-state index contributed by atoms with van der Waals surface area (Å²) in [5.74, 6) is 0. The molecule has 0 aromatic heterocycles. The Morgan fingerprint density at radius 3 is 2.19 bits per heavy atom. The van der Waals surface area contributed by atoms with Crippen LogP contribution in [0.3, 0.4) is 0 Å². The van der Waals surface area contributed by atoms with Gasteiger partial charge in [0.1, 0.15) is 0 Å². The van der Waals surface area contributed by atoms with Crippen LogP contribution in [0.15, 0.2) is 23.1 Å². The van der Waals surface area contributed by atoms with Crippen LogP contribution < -0.4 is 4.72 Å². The zero-order chi connectivity index (χ0) is 15.5. The number of benzene rings is 1. The van der Waals surface area contributed by atoms with Crippen molar-refractivity contribution in [2.45, 2.75) is 50.8 Å². The largest absolute Gasteiger partial charge is 0.396 e. The fourth-order valence-corrected chi connectivity index (χ4v) is 4.46. The molecule has 1 saturated carbocycles. The Balaban J connectivity index is 2.13. The van der Waals surface area contributed by atoms with Gasteiger partial charge in [0.05, 0.1) is 4.90 Å². The minimum absolute atomic E-state index is 0.0440. The van der Waals surface area contributed by atoms with Gasteiger partial charge in [-0.05, 0) is 49.9 Å². The maximum absolute atomic E-state index is 12.4. The monoisotopic (exact) mass is 311 g/mol. The normalized spacial score (nSPS) is 18.6. The fraction of sp³-hybridized carbons (Fsp3) is 0.625. The van der Waals surface area contributed by atoms with E-state index >= 15 is 0 Å². The molecule has 0 bridgehead atoms. The Hall–Kier alpha value is -0.910. The van der Waals surface area contributed by atoms with Gasteiger partial charge < -0.3 is 5.11 Å². The topological polar surface area (TPSA) is 66.4 Å². The number of aliphatic hydroxyl groups is 1. The Labute approximate surface area is 127 Å². The maximum atomic E-state index is 12.4. The van der Waals surface area contributed by atoms with Crippen LogP contribution in [0.25, 0.3) is 0 Å². The van der Waals surface area contributed by atoms with E-state index in [0.29, 0.717) is 11.4 Å². The van der Waals surface area contributed by atoms with Crippen molar-refractivity contribution in [2.75, 3.05) is 13.2 Å². The number of rotatable bonds is 5. The lowest BCUT2D eigenvalue weighted by Crippen LogP contribution is -2.41. The highest BCUT2D eigenvalue weighted by molar-refractivity contribution is 7.89. The molecule has 0 heterocycles. The molecule has 5 heteroatoms. The Morgan fingerprint density at radius 1 is 1.10 bits per heavy atom. The van der Waals surface area contributed by atoms with Crippen molar-refractivity contribution in [1.29, 1.82) is 0 Å². The van der Waals surface area contributed by atoms with Crippen molar-refractivity contribution in [1.82, 2.24) is 4.72 Å². The SMILES string of the molecule is Cc1cc(C)cc(S(=O)(=O)NCC2(CO)CCCCC2)c1. The van der Waals surface area contributed by atoms with E-state index in [1.54, 1.807) is 12.1 Å². The van der Waals surface area contributed by atoms with Gasteiger partial charge in [0.15, 0.2) is 0 Å². The van der Waals surface area contributed by atoms with Crippen LogP contribution in [0.5, 0.6) is 0 Å². The lowest BCUT2D eigenvalue weighted by Gasteiger charge is -2.35. The second-order valence-corrected chi connectivity index (χ2v) is 8.13. The van der Waals surface area contributed by atoms with Crippen molar-refractivity contribution in [3.63, 3.8) is 0 Å². The Bertz CT molecular complexity index is 569. The van der Waals surface area contributed by atoms with Crippen LogP contribution in [0.4, 0.5) is 0 Å². The van der Waals surface area contributed by atoms with Gasteiger partial charge in [-0.1, -0.05) is 25.3 Å². The number of aliphatic hydroxyl groups excluding tert-OH is 1. The number of hydrogen-bond donors (Lipinski definition) is 2. The van der Waals surface area contributed by atoms with Gasteiger partial charge in [0.25, 0.3) is 0 Å². The smallest absolute Gasteiger partial charge is 0.240 e. The van der Waals surface area contributed by atoms with E-state index < -0.39 is 10.0 Å². The van der Waals surface area contributed by atoms with Gasteiger partial charge in [0.2, 0.25) is 10.0 Å². The third-order valence-corrected chi connectivity index (χ3v) is 5.77. The van der Waals surface area contributed by atoms with E-state index in [9.17, 15) is 13.5 Å². The van der Waals surface area contributed by atoms with Crippen LogP contribution in [0.1, 0.15) is 43.2 Å². The summed E-state index contributed by atoms with van der Waals surface area (Å²) in [4.78, 5) is 0.309. The van der Waals surface area contributed by atoms with E-state index in [1.807, 2.05) is 19.9 Å². The maximum Gasteiger partial charge on any atom is 0.240 e. The third kappa shape index (κ3) is 4.05. The summed E-state index contributed by atoms with van der Waals surface area (Å²) in [5, 5.41) is 9.66. The van der Waals surface area contributed by atoms with Crippen LogP contribution in [0.2, 0.25) is 0 Å². The molecule has 1 aliphatic carbocycles. The molecule has 4 nitrogen and oxygen atoms in total. The summed E-state index contributed by atoms with van der Waals surface area (Å²) >= 11 is 0. The zero-order valence-corrected chi connectivity index (χ0v) is 13.7. The van der Waals surface area contributed by atoms with Crippen LogP contribution in [-0.2, 0) is 10.0 Å². The molecular weight excluding hydrogens is 286 g/mol. The van der Waals surface area contributed by atoms with E-state index in [2.05, 4.69) is 4.72 Å². The van der Waals surface area contributed by atoms with Crippen molar-refractivity contribution in [2.24, 2.45) is 5.41 Å². The van der Waals surface area contributed by atoms with E-state index in [0.717, 1.165) is 36.8 Å². The summed E-state index contributed by atoms with van der Waals surface area (Å²) in [6.07, 6.45) is 5.07. The van der Waals surface area contributed by atoms with Gasteiger partial charge in [-0.3, -0.25) is 0 Å². The molecule has 118 valence electrons. The predicted molar refractivity (Wildman–Crippen MR) is 83.7 cm³/mol. The predicted octanol–water partition coefficient (Wildman–Crippen LogP) is 2.52. The molecule has 1 aromatic rings. The summed E-state index contributed by atoms with van der Waals surface area (Å²) in [5.41, 5.74) is 1.58. The number of hydrogen-bond acceptors (Lipinski definition) is 3. The molecule has 0 spiro atoms. The van der Waals surface area contributed by atoms with Crippen LogP contribution >= 0.6 is 0 Å². The van der Waals surface area contributed by atoms with E-state index in [1.165, 1.54) is 6.42 Å². The molecule has 2 N–H and O–H groups in total. The first-order valence-electron chi connectivity index (χ1n) is 7.56. The average Bonchev–Trinajstić information content (AvgIpc) is 2.45.